The van der Waals surface area contributed by atoms with E-state index in [1.54, 1.807) is 19.1 Å². The lowest BCUT2D eigenvalue weighted by molar-refractivity contribution is -0.385. The Balaban J connectivity index is 1.27. The van der Waals surface area contributed by atoms with E-state index in [2.05, 4.69) is 77.2 Å². The molecule has 3 aromatic carbocycles. The molecule has 8 nitrogen and oxygen atoms in total. The average molecular weight is 490 g/mol. The third kappa shape index (κ3) is 5.88. The lowest BCUT2D eigenvalue weighted by Crippen LogP contribution is -2.34. The maximum Gasteiger partial charge on any atom is 0.272 e. The summed E-state index contributed by atoms with van der Waals surface area (Å²) in [6, 6.07) is 20.0. The molecule has 0 saturated carbocycles. The van der Waals surface area contributed by atoms with Gasteiger partial charge in [0.1, 0.15) is 18.5 Å². The quantitative estimate of drug-likeness (QED) is 0.176. The molecule has 0 fully saturated rings. The van der Waals surface area contributed by atoms with E-state index in [4.69, 9.17) is 4.74 Å². The number of nitrogens with one attached hydrogen (secondary N) is 3. The highest BCUT2D eigenvalue weighted by Gasteiger charge is 2.25. The van der Waals surface area contributed by atoms with E-state index in [1.807, 2.05) is 0 Å². The van der Waals surface area contributed by atoms with Gasteiger partial charge in [-0.2, -0.15) is 0 Å². The molecule has 1 unspecified atom stereocenters. The largest absolute Gasteiger partial charge is 0.492 e. The second-order valence-corrected chi connectivity index (χ2v) is 8.90. The van der Waals surface area contributed by atoms with Crippen molar-refractivity contribution in [3.8, 4) is 5.75 Å². The van der Waals surface area contributed by atoms with Crippen LogP contribution >= 0.6 is 0 Å². The van der Waals surface area contributed by atoms with Crippen LogP contribution < -0.4 is 25.6 Å². The van der Waals surface area contributed by atoms with Crippen LogP contribution in [0.25, 0.3) is 0 Å². The van der Waals surface area contributed by atoms with E-state index < -0.39 is 0 Å². The third-order valence-corrected chi connectivity index (χ3v) is 6.55. The first-order valence-electron chi connectivity index (χ1n) is 12.6. The van der Waals surface area contributed by atoms with Crippen LogP contribution in [-0.2, 0) is 6.42 Å². The fourth-order valence-corrected chi connectivity index (χ4v) is 4.48. The molecule has 1 atom stereocenters. The highest BCUT2D eigenvalue weighted by molar-refractivity contribution is 5.87. The number of nitro benzene ring substituents is 1. The zero-order valence-electron chi connectivity index (χ0n) is 21.2. The third-order valence-electron chi connectivity index (χ3n) is 6.55. The second kappa shape index (κ2) is 11.8. The zero-order valence-corrected chi connectivity index (χ0v) is 21.2. The highest BCUT2D eigenvalue weighted by atomic mass is 16.6. The molecule has 36 heavy (non-hydrogen) atoms. The molecule has 0 bridgehead atoms. The van der Waals surface area contributed by atoms with Crippen LogP contribution in [0.5, 0.6) is 5.75 Å². The van der Waals surface area contributed by atoms with Crippen LogP contribution in [0.15, 0.2) is 60.7 Å². The summed E-state index contributed by atoms with van der Waals surface area (Å²) in [7, 11) is 0. The van der Waals surface area contributed by atoms with Gasteiger partial charge in [-0.15, -0.1) is 0 Å². The van der Waals surface area contributed by atoms with E-state index in [1.165, 1.54) is 22.9 Å². The molecular weight excluding hydrogens is 454 g/mol. The summed E-state index contributed by atoms with van der Waals surface area (Å²) >= 11 is 0. The van der Waals surface area contributed by atoms with Crippen molar-refractivity contribution in [2.45, 2.75) is 33.4 Å². The molecule has 4 rings (SSSR count). The highest BCUT2D eigenvalue weighted by Crippen LogP contribution is 2.42. The Hall–Kier alpha value is -3.78. The number of fused-ring (bicyclic) bond motifs is 1. The average Bonchev–Trinajstić information content (AvgIpc) is 3.33. The number of likely N-dealkylation sites (N-methyl/N-ethyl adjacent to an activating group) is 1. The molecule has 0 saturated heterocycles. The lowest BCUT2D eigenvalue weighted by atomic mass is 10.1. The maximum absolute atomic E-state index is 11.0. The van der Waals surface area contributed by atoms with E-state index in [9.17, 15) is 10.1 Å². The molecule has 0 aliphatic carbocycles. The first-order chi connectivity index (χ1) is 17.5. The van der Waals surface area contributed by atoms with Gasteiger partial charge in [0, 0.05) is 37.8 Å². The molecule has 8 heteroatoms. The minimum absolute atomic E-state index is 0.0593. The maximum atomic E-state index is 11.0. The van der Waals surface area contributed by atoms with Gasteiger partial charge in [0.15, 0.2) is 0 Å². The van der Waals surface area contributed by atoms with E-state index >= 15 is 0 Å². The minimum Gasteiger partial charge on any atom is -0.492 e. The van der Waals surface area contributed by atoms with Crippen LogP contribution in [0.3, 0.4) is 0 Å². The van der Waals surface area contributed by atoms with Crippen molar-refractivity contribution in [3.63, 3.8) is 0 Å². The summed E-state index contributed by atoms with van der Waals surface area (Å²) in [6.07, 6.45) is 1.10. The second-order valence-electron chi connectivity index (χ2n) is 8.90. The molecular formula is C28H35N5O3. The Labute approximate surface area is 212 Å². The fourth-order valence-electron chi connectivity index (χ4n) is 4.48. The molecule has 1 aliphatic heterocycles. The number of rotatable bonds is 12. The molecule has 0 aromatic heterocycles. The topological polar surface area (TPSA) is 91.7 Å². The SMILES string of the molecule is CCc1ccc(C2Nc3cccc(N(CC)CCNCCOc4ccc([N+](=O)[O-])c(C)c4)c3N2)cc1. The Kier molecular flexibility index (Phi) is 8.28. The van der Waals surface area contributed by atoms with E-state index in [0.717, 1.165) is 37.4 Å². The molecule has 3 N–H and O–H groups in total. The number of hydrogen-bond donors (Lipinski definition) is 3. The number of ether oxygens (including phenoxy) is 1. The van der Waals surface area contributed by atoms with Gasteiger partial charge in [0.25, 0.3) is 5.69 Å². The van der Waals surface area contributed by atoms with Crippen molar-refractivity contribution in [1.29, 1.82) is 0 Å². The minimum atomic E-state index is -0.377. The molecule has 3 aromatic rings. The summed E-state index contributed by atoms with van der Waals surface area (Å²) in [4.78, 5) is 12.9. The number of anilines is 3. The van der Waals surface area contributed by atoms with Gasteiger partial charge in [0.05, 0.1) is 22.0 Å². The Morgan fingerprint density at radius 2 is 1.86 bits per heavy atom. The predicted octanol–water partition coefficient (Wildman–Crippen LogP) is 5.50. The smallest absolute Gasteiger partial charge is 0.272 e. The molecule has 0 radical (unpaired) electrons. The van der Waals surface area contributed by atoms with Gasteiger partial charge in [-0.1, -0.05) is 37.3 Å². The Morgan fingerprint density at radius 1 is 1.06 bits per heavy atom. The summed E-state index contributed by atoms with van der Waals surface area (Å²) in [5.74, 6) is 0.646. The number of nitrogens with zero attached hydrogens (tertiary/aromatic N) is 2. The van der Waals surface area contributed by atoms with Crippen molar-refractivity contribution in [2.24, 2.45) is 0 Å². The number of nitro groups is 1. The van der Waals surface area contributed by atoms with Crippen LogP contribution in [0.2, 0.25) is 0 Å². The van der Waals surface area contributed by atoms with Crippen LogP contribution in [0.1, 0.15) is 36.7 Å². The van der Waals surface area contributed by atoms with Crippen LogP contribution in [0, 0.1) is 17.0 Å². The molecule has 1 aliphatic rings. The van der Waals surface area contributed by atoms with E-state index in [0.29, 0.717) is 24.5 Å². The summed E-state index contributed by atoms with van der Waals surface area (Å²) in [6.45, 7) is 9.82. The van der Waals surface area contributed by atoms with Gasteiger partial charge < -0.3 is 25.6 Å². The monoisotopic (exact) mass is 489 g/mol. The van der Waals surface area contributed by atoms with Crippen molar-refractivity contribution >= 4 is 22.7 Å². The van der Waals surface area contributed by atoms with Gasteiger partial charge in [-0.3, -0.25) is 10.1 Å². The predicted molar refractivity (Wildman–Crippen MR) is 146 cm³/mol. The molecule has 0 spiro atoms. The van der Waals surface area contributed by atoms with Crippen molar-refractivity contribution in [1.82, 2.24) is 5.32 Å². The van der Waals surface area contributed by atoms with Crippen molar-refractivity contribution in [3.05, 3.63) is 87.5 Å². The van der Waals surface area contributed by atoms with E-state index in [-0.39, 0.29) is 16.8 Å². The molecule has 0 amide bonds. The van der Waals surface area contributed by atoms with Gasteiger partial charge in [-0.05, 0) is 55.7 Å². The first kappa shape index (κ1) is 25.3. The van der Waals surface area contributed by atoms with Gasteiger partial charge >= 0.3 is 0 Å². The lowest BCUT2D eigenvalue weighted by Gasteiger charge is -2.25. The molecule has 1 heterocycles. The first-order valence-corrected chi connectivity index (χ1v) is 12.6. The summed E-state index contributed by atoms with van der Waals surface area (Å²) < 4.78 is 5.75. The number of aryl methyl sites for hydroxylation is 2. The van der Waals surface area contributed by atoms with Crippen molar-refractivity contribution in [2.75, 3.05) is 48.3 Å². The standard InChI is InChI=1S/C28H35N5O3/c1-4-21-9-11-22(12-10-21)28-30-24-7-6-8-26(27(24)31-28)32(5-2)17-15-29-16-18-36-23-13-14-25(33(34)35)20(3)19-23/h6-14,19,28-31H,4-5,15-18H2,1-3H3. The fraction of sp³-hybridized carbons (Fsp3) is 0.357. The van der Waals surface area contributed by atoms with Gasteiger partial charge in [-0.25, -0.2) is 0 Å². The molecule has 190 valence electrons. The Bertz CT molecular complexity index is 1180. The summed E-state index contributed by atoms with van der Waals surface area (Å²) in [5.41, 5.74) is 6.72. The van der Waals surface area contributed by atoms with Crippen molar-refractivity contribution < 1.29 is 9.66 Å². The van der Waals surface area contributed by atoms with Crippen LogP contribution in [-0.4, -0.2) is 37.7 Å². The number of benzene rings is 3. The van der Waals surface area contributed by atoms with Crippen LogP contribution in [0.4, 0.5) is 22.7 Å². The normalized spacial score (nSPS) is 14.0. The zero-order chi connectivity index (χ0) is 25.5. The number of para-hydroxylation sites is 1. The summed E-state index contributed by atoms with van der Waals surface area (Å²) in [5, 5.41) is 21.7. The number of hydrogen-bond acceptors (Lipinski definition) is 7. The Morgan fingerprint density at radius 3 is 2.56 bits per heavy atom. The van der Waals surface area contributed by atoms with Gasteiger partial charge in [0.2, 0.25) is 0 Å².